The minimum atomic E-state index is -0.285. The molecule has 2 N–H and O–H groups in total. The number of amides is 2. The maximum absolute atomic E-state index is 12.7. The van der Waals surface area contributed by atoms with Crippen molar-refractivity contribution in [3.8, 4) is 0 Å². The highest BCUT2D eigenvalue weighted by Gasteiger charge is 2.28. The molecule has 0 bridgehead atoms. The topological polar surface area (TPSA) is 58.2 Å². The Morgan fingerprint density at radius 1 is 1.27 bits per heavy atom. The molecule has 0 saturated carbocycles. The highest BCUT2D eigenvalue weighted by atomic mass is 35.5. The Morgan fingerprint density at radius 3 is 2.77 bits per heavy atom. The van der Waals surface area contributed by atoms with Crippen molar-refractivity contribution in [1.82, 2.24) is 5.32 Å². The third-order valence-corrected chi connectivity index (χ3v) is 6.12. The molecule has 0 radical (unpaired) electrons. The summed E-state index contributed by atoms with van der Waals surface area (Å²) in [7, 11) is 0. The Bertz CT molecular complexity index is 831. The number of thiophene rings is 1. The predicted molar refractivity (Wildman–Crippen MR) is 108 cm³/mol. The van der Waals surface area contributed by atoms with Crippen molar-refractivity contribution in [3.05, 3.63) is 50.9 Å². The molecule has 0 unspecified atom stereocenters. The van der Waals surface area contributed by atoms with E-state index in [-0.39, 0.29) is 11.8 Å². The molecular formula is C20H23ClN2O2S. The fraction of sp³-hybridized carbons (Fsp3) is 0.400. The van der Waals surface area contributed by atoms with Gasteiger partial charge in [-0.2, -0.15) is 0 Å². The Balaban J connectivity index is 1.94. The van der Waals surface area contributed by atoms with Gasteiger partial charge in [0.05, 0.1) is 16.1 Å². The molecule has 2 aromatic rings. The van der Waals surface area contributed by atoms with Gasteiger partial charge in [-0.15, -0.1) is 11.3 Å². The first-order valence-corrected chi connectivity index (χ1v) is 10.2. The smallest absolute Gasteiger partial charge is 0.257 e. The van der Waals surface area contributed by atoms with Crippen LogP contribution in [0.4, 0.5) is 5.00 Å². The summed E-state index contributed by atoms with van der Waals surface area (Å²) in [5.74, 6) is 0.208. The van der Waals surface area contributed by atoms with Crippen LogP contribution in [-0.4, -0.2) is 18.4 Å². The van der Waals surface area contributed by atoms with Gasteiger partial charge >= 0.3 is 0 Å². The molecule has 26 heavy (non-hydrogen) atoms. The summed E-state index contributed by atoms with van der Waals surface area (Å²) in [5, 5.41) is 6.91. The van der Waals surface area contributed by atoms with Gasteiger partial charge < -0.3 is 10.6 Å². The van der Waals surface area contributed by atoms with E-state index in [1.54, 1.807) is 24.3 Å². The molecule has 0 fully saturated rings. The lowest BCUT2D eigenvalue weighted by Gasteiger charge is -2.18. The highest BCUT2D eigenvalue weighted by Crippen LogP contribution is 2.40. The van der Waals surface area contributed by atoms with Crippen molar-refractivity contribution in [2.45, 2.75) is 39.5 Å². The van der Waals surface area contributed by atoms with Gasteiger partial charge in [0.25, 0.3) is 11.8 Å². The zero-order valence-corrected chi connectivity index (χ0v) is 16.6. The van der Waals surface area contributed by atoms with Crippen LogP contribution < -0.4 is 10.6 Å². The zero-order valence-electron chi connectivity index (χ0n) is 15.0. The number of fused-ring (bicyclic) bond motifs is 1. The highest BCUT2D eigenvalue weighted by molar-refractivity contribution is 7.17. The maximum Gasteiger partial charge on any atom is 0.257 e. The maximum atomic E-state index is 12.7. The molecule has 2 amide bonds. The Hall–Kier alpha value is -1.85. The quantitative estimate of drug-likeness (QED) is 0.761. The monoisotopic (exact) mass is 390 g/mol. The third kappa shape index (κ3) is 3.94. The molecule has 138 valence electrons. The summed E-state index contributed by atoms with van der Waals surface area (Å²) in [6.07, 6.45) is 3.77. The van der Waals surface area contributed by atoms with E-state index in [2.05, 4.69) is 17.6 Å². The van der Waals surface area contributed by atoms with Crippen LogP contribution in [0.2, 0.25) is 5.02 Å². The first-order chi connectivity index (χ1) is 12.5. The van der Waals surface area contributed by atoms with Gasteiger partial charge in [-0.3, -0.25) is 9.59 Å². The average molecular weight is 391 g/mol. The normalized spacial score (nSPS) is 16.0. The molecule has 3 rings (SSSR count). The molecule has 1 aromatic heterocycles. The second kappa shape index (κ2) is 8.23. The number of hydrogen-bond donors (Lipinski definition) is 2. The lowest BCUT2D eigenvalue weighted by atomic mass is 9.88. The molecule has 0 saturated heterocycles. The number of carbonyl (C=O) groups is 2. The minimum absolute atomic E-state index is 0.103. The Kier molecular flexibility index (Phi) is 5.99. The van der Waals surface area contributed by atoms with Crippen molar-refractivity contribution in [3.63, 3.8) is 0 Å². The Morgan fingerprint density at radius 2 is 2.04 bits per heavy atom. The molecular weight excluding hydrogens is 368 g/mol. The van der Waals surface area contributed by atoms with Gasteiger partial charge in [0.15, 0.2) is 0 Å². The van der Waals surface area contributed by atoms with Crippen LogP contribution >= 0.6 is 22.9 Å². The molecule has 1 aliphatic rings. The van der Waals surface area contributed by atoms with Crippen LogP contribution in [0.1, 0.15) is 57.8 Å². The summed E-state index contributed by atoms with van der Waals surface area (Å²) in [4.78, 5) is 26.6. The van der Waals surface area contributed by atoms with Crippen molar-refractivity contribution in [2.24, 2.45) is 5.92 Å². The molecule has 4 nitrogen and oxygen atoms in total. The standard InChI is InChI=1S/C20H23ClN2O2S/c1-3-10-22-19(25)17-14-9-8-12(2)11-16(14)26-20(17)23-18(24)13-6-4-5-7-15(13)21/h4-7,12H,3,8-11H2,1-2H3,(H,22,25)(H,23,24)/t12-/m0/s1. The summed E-state index contributed by atoms with van der Waals surface area (Å²) < 4.78 is 0. The van der Waals surface area contributed by atoms with Crippen molar-refractivity contribution in [1.29, 1.82) is 0 Å². The first-order valence-electron chi connectivity index (χ1n) is 8.99. The number of nitrogens with one attached hydrogen (secondary N) is 2. The van der Waals surface area contributed by atoms with E-state index in [9.17, 15) is 9.59 Å². The molecule has 6 heteroatoms. The zero-order chi connectivity index (χ0) is 18.7. The van der Waals surface area contributed by atoms with Crippen LogP contribution in [0.3, 0.4) is 0 Å². The van der Waals surface area contributed by atoms with E-state index in [4.69, 9.17) is 11.6 Å². The number of halogens is 1. The van der Waals surface area contributed by atoms with Crippen LogP contribution in [0.5, 0.6) is 0 Å². The molecule has 0 spiro atoms. The fourth-order valence-corrected chi connectivity index (χ4v) is 4.85. The summed E-state index contributed by atoms with van der Waals surface area (Å²) in [5.41, 5.74) is 2.13. The van der Waals surface area contributed by atoms with E-state index < -0.39 is 0 Å². The van der Waals surface area contributed by atoms with E-state index in [0.29, 0.717) is 33.6 Å². The van der Waals surface area contributed by atoms with Gasteiger partial charge in [-0.25, -0.2) is 0 Å². The van der Waals surface area contributed by atoms with Crippen LogP contribution in [0, 0.1) is 5.92 Å². The van der Waals surface area contributed by atoms with Gasteiger partial charge in [0, 0.05) is 11.4 Å². The molecule has 1 heterocycles. The lowest BCUT2D eigenvalue weighted by Crippen LogP contribution is -2.26. The number of anilines is 1. The number of benzene rings is 1. The van der Waals surface area contributed by atoms with Gasteiger partial charge in [0.1, 0.15) is 5.00 Å². The minimum Gasteiger partial charge on any atom is -0.352 e. The summed E-state index contributed by atoms with van der Waals surface area (Å²) in [6.45, 7) is 4.87. The van der Waals surface area contributed by atoms with Gasteiger partial charge in [-0.05, 0) is 49.3 Å². The van der Waals surface area contributed by atoms with Crippen LogP contribution in [-0.2, 0) is 12.8 Å². The van der Waals surface area contributed by atoms with Crippen molar-refractivity contribution >= 4 is 39.8 Å². The van der Waals surface area contributed by atoms with E-state index in [1.165, 1.54) is 16.2 Å². The summed E-state index contributed by atoms with van der Waals surface area (Å²) >= 11 is 7.66. The SMILES string of the molecule is CCCNC(=O)c1c(NC(=O)c2ccccc2Cl)sc2c1CC[C@H](C)C2. The van der Waals surface area contributed by atoms with Gasteiger partial charge in [-0.1, -0.05) is 37.6 Å². The molecule has 1 atom stereocenters. The largest absolute Gasteiger partial charge is 0.352 e. The molecule has 1 aliphatic carbocycles. The van der Waals surface area contributed by atoms with E-state index >= 15 is 0 Å². The predicted octanol–water partition coefficient (Wildman–Crippen LogP) is 4.92. The number of hydrogen-bond acceptors (Lipinski definition) is 3. The van der Waals surface area contributed by atoms with Crippen LogP contribution in [0.15, 0.2) is 24.3 Å². The average Bonchev–Trinajstić information content (AvgIpc) is 2.96. The Labute approximate surface area is 162 Å². The first kappa shape index (κ1) is 18.9. The second-order valence-electron chi connectivity index (χ2n) is 6.75. The van der Waals surface area contributed by atoms with E-state index in [0.717, 1.165) is 31.2 Å². The van der Waals surface area contributed by atoms with Crippen molar-refractivity contribution < 1.29 is 9.59 Å². The molecule has 0 aliphatic heterocycles. The van der Waals surface area contributed by atoms with Crippen LogP contribution in [0.25, 0.3) is 0 Å². The second-order valence-corrected chi connectivity index (χ2v) is 8.26. The van der Waals surface area contributed by atoms with Gasteiger partial charge in [0.2, 0.25) is 0 Å². The lowest BCUT2D eigenvalue weighted by molar-refractivity contribution is 0.0953. The van der Waals surface area contributed by atoms with Crippen molar-refractivity contribution in [2.75, 3.05) is 11.9 Å². The number of rotatable bonds is 5. The molecule has 1 aromatic carbocycles. The summed E-state index contributed by atoms with van der Waals surface area (Å²) in [6, 6.07) is 6.93. The fourth-order valence-electron chi connectivity index (χ4n) is 3.22. The van der Waals surface area contributed by atoms with E-state index in [1.807, 2.05) is 6.92 Å². The third-order valence-electron chi connectivity index (χ3n) is 4.62. The number of carbonyl (C=O) groups excluding carboxylic acids is 2.